The van der Waals surface area contributed by atoms with Gasteiger partial charge in [0.05, 0.1) is 12.3 Å². The Hall–Kier alpha value is -3.03. The van der Waals surface area contributed by atoms with Crippen molar-refractivity contribution >= 4 is 17.1 Å². The topological polar surface area (TPSA) is 91.9 Å². The van der Waals surface area contributed by atoms with Gasteiger partial charge in [0.15, 0.2) is 11.2 Å². The molecule has 3 aromatic rings. The van der Waals surface area contributed by atoms with Crippen LogP contribution in [0.2, 0.25) is 0 Å². The Morgan fingerprint density at radius 1 is 1.29 bits per heavy atom. The summed E-state index contributed by atoms with van der Waals surface area (Å²) in [6, 6.07) is 6.84. The van der Waals surface area contributed by atoms with Gasteiger partial charge in [-0.25, -0.2) is 9.78 Å². The lowest BCUT2D eigenvalue weighted by atomic mass is 10.2. The molecule has 0 spiro atoms. The number of hydrogen-bond donors (Lipinski definition) is 0. The predicted octanol–water partition coefficient (Wildman–Crippen LogP) is 1.41. The van der Waals surface area contributed by atoms with Crippen LogP contribution in [0, 0.1) is 6.92 Å². The molecule has 0 radical (unpaired) electrons. The third-order valence-corrected chi connectivity index (χ3v) is 3.71. The predicted molar refractivity (Wildman–Crippen MR) is 87.0 cm³/mol. The lowest BCUT2D eigenvalue weighted by Crippen LogP contribution is -2.29. The van der Waals surface area contributed by atoms with Gasteiger partial charge in [0.1, 0.15) is 12.4 Å². The lowest BCUT2D eigenvalue weighted by Gasteiger charge is -2.12. The molecule has 1 aromatic carbocycles. The molecule has 2 heterocycles. The van der Waals surface area contributed by atoms with Crippen LogP contribution in [-0.4, -0.2) is 37.1 Å². The Bertz CT molecular complexity index is 942. The summed E-state index contributed by atoms with van der Waals surface area (Å²) in [5.74, 6) is -0.494. The summed E-state index contributed by atoms with van der Waals surface area (Å²) in [7, 11) is 0. The van der Waals surface area contributed by atoms with Crippen molar-refractivity contribution in [2.24, 2.45) is 0 Å². The van der Waals surface area contributed by atoms with E-state index < -0.39 is 17.6 Å². The van der Waals surface area contributed by atoms with E-state index in [0.717, 1.165) is 11.3 Å². The molecule has 0 fully saturated rings. The second kappa shape index (κ2) is 6.23. The van der Waals surface area contributed by atoms with Crippen molar-refractivity contribution in [3.8, 4) is 5.69 Å². The Morgan fingerprint density at radius 3 is 2.67 bits per heavy atom. The summed E-state index contributed by atoms with van der Waals surface area (Å²) in [5.41, 5.74) is 1.89. The van der Waals surface area contributed by atoms with Gasteiger partial charge >= 0.3 is 5.97 Å². The number of carbonyl (C=O) groups is 1. The van der Waals surface area contributed by atoms with Crippen LogP contribution >= 0.6 is 0 Å². The smallest absolute Gasteiger partial charge is 0.328 e. The Kier molecular flexibility index (Phi) is 4.11. The summed E-state index contributed by atoms with van der Waals surface area (Å²) >= 11 is 0. The van der Waals surface area contributed by atoms with Crippen LogP contribution in [0.25, 0.3) is 16.9 Å². The molecule has 0 aliphatic carbocycles. The fourth-order valence-corrected chi connectivity index (χ4v) is 2.33. The highest BCUT2D eigenvalue weighted by Crippen LogP contribution is 2.14. The molecule has 3 rings (SSSR count). The number of fused-ring (bicyclic) bond motifs is 1. The second-order valence-corrected chi connectivity index (χ2v) is 5.39. The van der Waals surface area contributed by atoms with Gasteiger partial charge in [-0.05, 0) is 32.9 Å². The van der Waals surface area contributed by atoms with Crippen LogP contribution in [0.5, 0.6) is 0 Å². The number of nitrogens with zero attached hydrogens (tertiary/aromatic N) is 5. The number of rotatable bonds is 4. The van der Waals surface area contributed by atoms with E-state index in [9.17, 15) is 9.59 Å². The molecule has 8 heteroatoms. The van der Waals surface area contributed by atoms with Gasteiger partial charge in [0, 0.05) is 0 Å². The molecule has 0 saturated heterocycles. The molecule has 0 aliphatic heterocycles. The highest BCUT2D eigenvalue weighted by atomic mass is 16.5. The Labute approximate surface area is 137 Å². The van der Waals surface area contributed by atoms with Crippen molar-refractivity contribution in [3.05, 3.63) is 46.5 Å². The van der Waals surface area contributed by atoms with Crippen molar-refractivity contribution in [2.45, 2.75) is 26.8 Å². The molecule has 0 aliphatic rings. The summed E-state index contributed by atoms with van der Waals surface area (Å²) in [4.78, 5) is 28.7. The molecule has 8 nitrogen and oxygen atoms in total. The van der Waals surface area contributed by atoms with E-state index in [1.807, 2.05) is 31.2 Å². The summed E-state index contributed by atoms with van der Waals surface area (Å²) in [5, 5.41) is 7.94. The van der Waals surface area contributed by atoms with Gasteiger partial charge in [-0.2, -0.15) is 4.68 Å². The zero-order valence-corrected chi connectivity index (χ0v) is 13.6. The fourth-order valence-electron chi connectivity index (χ4n) is 2.33. The van der Waals surface area contributed by atoms with Crippen LogP contribution in [0.15, 0.2) is 35.4 Å². The quantitative estimate of drug-likeness (QED) is 0.673. The summed E-state index contributed by atoms with van der Waals surface area (Å²) < 4.78 is 7.64. The maximum atomic E-state index is 12.6. The monoisotopic (exact) mass is 327 g/mol. The Morgan fingerprint density at radius 2 is 2.00 bits per heavy atom. The minimum atomic E-state index is -0.779. The average molecular weight is 327 g/mol. The van der Waals surface area contributed by atoms with E-state index in [2.05, 4.69) is 15.3 Å². The van der Waals surface area contributed by atoms with Gasteiger partial charge in [0.25, 0.3) is 5.56 Å². The van der Waals surface area contributed by atoms with Crippen molar-refractivity contribution in [2.75, 3.05) is 6.61 Å². The van der Waals surface area contributed by atoms with Gasteiger partial charge in [-0.1, -0.05) is 22.9 Å². The average Bonchev–Trinajstić information content (AvgIpc) is 3.00. The van der Waals surface area contributed by atoms with Crippen molar-refractivity contribution in [3.63, 3.8) is 0 Å². The molecule has 0 bridgehead atoms. The third kappa shape index (κ3) is 2.66. The zero-order chi connectivity index (χ0) is 17.3. The molecule has 0 unspecified atom stereocenters. The normalized spacial score (nSPS) is 12.3. The minimum absolute atomic E-state index is 0.106. The van der Waals surface area contributed by atoms with Crippen LogP contribution in [0.1, 0.15) is 25.5 Å². The first-order valence-corrected chi connectivity index (χ1v) is 7.59. The van der Waals surface area contributed by atoms with E-state index in [1.165, 1.54) is 15.6 Å². The molecule has 0 amide bonds. The first-order chi connectivity index (χ1) is 11.5. The zero-order valence-electron chi connectivity index (χ0n) is 13.6. The lowest BCUT2D eigenvalue weighted by molar-refractivity contribution is -0.146. The van der Waals surface area contributed by atoms with Crippen LogP contribution < -0.4 is 5.56 Å². The van der Waals surface area contributed by atoms with Gasteiger partial charge < -0.3 is 4.74 Å². The van der Waals surface area contributed by atoms with Crippen LogP contribution in [0.3, 0.4) is 0 Å². The van der Waals surface area contributed by atoms with E-state index in [0.29, 0.717) is 5.65 Å². The third-order valence-electron chi connectivity index (χ3n) is 3.71. The Balaban J connectivity index is 2.07. The maximum Gasteiger partial charge on any atom is 0.328 e. The van der Waals surface area contributed by atoms with Crippen molar-refractivity contribution in [1.82, 2.24) is 24.5 Å². The van der Waals surface area contributed by atoms with E-state index in [1.54, 1.807) is 13.8 Å². The highest BCUT2D eigenvalue weighted by Gasteiger charge is 2.21. The SMILES string of the molecule is CCOC(=O)[C@H](C)n1cnc2c(nnn2-c2ccc(C)cc2)c1=O. The fraction of sp³-hybridized carbons (Fsp3) is 0.312. The highest BCUT2D eigenvalue weighted by molar-refractivity contribution is 5.75. The van der Waals surface area contributed by atoms with E-state index in [-0.39, 0.29) is 12.1 Å². The molecule has 0 N–H and O–H groups in total. The second-order valence-electron chi connectivity index (χ2n) is 5.39. The largest absolute Gasteiger partial charge is 0.464 e. The van der Waals surface area contributed by atoms with Gasteiger partial charge in [-0.3, -0.25) is 9.36 Å². The number of esters is 1. The molecule has 0 saturated carbocycles. The standard InChI is InChI=1S/C16H17N5O3/c1-4-24-16(23)11(3)20-9-17-14-13(15(20)22)18-19-21(14)12-7-5-10(2)6-8-12/h5-9,11H,4H2,1-3H3/t11-/m0/s1. The number of ether oxygens (including phenoxy) is 1. The number of benzene rings is 1. The maximum absolute atomic E-state index is 12.6. The summed E-state index contributed by atoms with van der Waals surface area (Å²) in [6.07, 6.45) is 1.32. The number of aromatic nitrogens is 5. The molecular weight excluding hydrogens is 310 g/mol. The molecule has 1 atom stereocenters. The van der Waals surface area contributed by atoms with Crippen LogP contribution in [0.4, 0.5) is 0 Å². The van der Waals surface area contributed by atoms with Gasteiger partial charge in [0.2, 0.25) is 0 Å². The number of carbonyl (C=O) groups excluding carboxylic acids is 1. The van der Waals surface area contributed by atoms with Crippen molar-refractivity contribution < 1.29 is 9.53 Å². The van der Waals surface area contributed by atoms with Crippen LogP contribution in [-0.2, 0) is 9.53 Å². The number of aryl methyl sites for hydroxylation is 1. The van der Waals surface area contributed by atoms with E-state index >= 15 is 0 Å². The molecule has 2 aromatic heterocycles. The van der Waals surface area contributed by atoms with Crippen molar-refractivity contribution in [1.29, 1.82) is 0 Å². The minimum Gasteiger partial charge on any atom is -0.464 e. The summed E-state index contributed by atoms with van der Waals surface area (Å²) in [6.45, 7) is 5.52. The van der Waals surface area contributed by atoms with E-state index in [4.69, 9.17) is 4.74 Å². The molecule has 124 valence electrons. The molecular formula is C16H17N5O3. The number of hydrogen-bond acceptors (Lipinski definition) is 6. The first kappa shape index (κ1) is 15.9. The van der Waals surface area contributed by atoms with Gasteiger partial charge in [-0.15, -0.1) is 5.10 Å². The first-order valence-electron chi connectivity index (χ1n) is 7.59. The molecule has 24 heavy (non-hydrogen) atoms.